The number of aromatic nitrogens is 2. The maximum atomic E-state index is 12.6. The van der Waals surface area contributed by atoms with E-state index in [0.717, 1.165) is 12.8 Å². The highest BCUT2D eigenvalue weighted by Gasteiger charge is 2.33. The van der Waals surface area contributed by atoms with Crippen LogP contribution in [-0.4, -0.2) is 39.2 Å². The van der Waals surface area contributed by atoms with Crippen LogP contribution in [0.1, 0.15) is 43.0 Å². The number of fused-ring (bicyclic) bond motifs is 1. The summed E-state index contributed by atoms with van der Waals surface area (Å²) >= 11 is 4.57. The Balaban J connectivity index is 1.94. The first-order valence-electron chi connectivity index (χ1n) is 9.17. The molecule has 9 heteroatoms. The second kappa shape index (κ2) is 9.07. The summed E-state index contributed by atoms with van der Waals surface area (Å²) in [6.45, 7) is 4.22. The molecule has 28 heavy (non-hydrogen) atoms. The van der Waals surface area contributed by atoms with E-state index >= 15 is 0 Å². The first kappa shape index (κ1) is 20.8. The molecule has 0 N–H and O–H groups in total. The summed E-state index contributed by atoms with van der Waals surface area (Å²) in [6, 6.07) is 5.14. The lowest BCUT2D eigenvalue weighted by molar-refractivity contribution is 0.0302. The van der Waals surface area contributed by atoms with Crippen molar-refractivity contribution >= 4 is 28.7 Å². The Bertz CT molecular complexity index is 855. The number of hydrogen-bond acceptors (Lipinski definition) is 6. The van der Waals surface area contributed by atoms with E-state index in [-0.39, 0.29) is 23.9 Å². The van der Waals surface area contributed by atoms with Gasteiger partial charge >= 0.3 is 5.97 Å². The summed E-state index contributed by atoms with van der Waals surface area (Å²) in [7, 11) is 0. The highest BCUT2D eigenvalue weighted by molar-refractivity contribution is 7.90. The zero-order valence-corrected chi connectivity index (χ0v) is 17.6. The van der Waals surface area contributed by atoms with E-state index in [1.165, 1.54) is 6.26 Å². The van der Waals surface area contributed by atoms with Gasteiger partial charge in [-0.05, 0) is 25.5 Å². The summed E-state index contributed by atoms with van der Waals surface area (Å²) in [5, 5.41) is 0.772. The fourth-order valence-electron chi connectivity index (χ4n) is 3.00. The molecule has 0 fully saturated rings. The molecule has 1 aliphatic heterocycles. The number of esters is 1. The van der Waals surface area contributed by atoms with Crippen LogP contribution in [0.25, 0.3) is 0 Å². The van der Waals surface area contributed by atoms with Crippen LogP contribution >= 0.6 is 11.6 Å². The minimum absolute atomic E-state index is 0.190. The maximum absolute atomic E-state index is 12.6. The smallest absolute Gasteiger partial charge is 0.362 e. The highest BCUT2D eigenvalue weighted by Crippen LogP contribution is 2.37. The molecule has 2 aromatic rings. The summed E-state index contributed by atoms with van der Waals surface area (Å²) < 4.78 is 30.8. The van der Waals surface area contributed by atoms with Gasteiger partial charge in [0, 0.05) is 28.7 Å². The van der Waals surface area contributed by atoms with E-state index in [4.69, 9.17) is 25.8 Å². The van der Waals surface area contributed by atoms with Gasteiger partial charge in [0.25, 0.3) is 11.3 Å². The Hall–Kier alpha value is -1.90. The number of aryl methyl sites for hydroxylation is 1. The molecular formula is C19H23ClN2O5S. The van der Waals surface area contributed by atoms with Crippen LogP contribution in [0.2, 0.25) is 5.02 Å². The quantitative estimate of drug-likeness (QED) is 0.473. The van der Waals surface area contributed by atoms with Gasteiger partial charge < -0.3 is 23.3 Å². The van der Waals surface area contributed by atoms with Crippen molar-refractivity contribution in [3.05, 3.63) is 34.7 Å². The minimum atomic E-state index is -1.44. The molecule has 1 aliphatic rings. The second-order valence-electron chi connectivity index (χ2n) is 6.33. The molecular weight excluding hydrogens is 404 g/mol. The van der Waals surface area contributed by atoms with E-state index in [1.54, 1.807) is 29.7 Å². The first-order valence-corrected chi connectivity index (χ1v) is 11.1. The summed E-state index contributed by atoms with van der Waals surface area (Å²) in [4.78, 5) is 17.1. The van der Waals surface area contributed by atoms with Gasteiger partial charge in [-0.2, -0.15) is 4.98 Å². The molecule has 2 atom stereocenters. The number of nitrogens with zero attached hydrogens (tertiary/aromatic N) is 2. The third kappa shape index (κ3) is 4.39. The van der Waals surface area contributed by atoms with E-state index < -0.39 is 23.4 Å². The summed E-state index contributed by atoms with van der Waals surface area (Å²) in [6.07, 6.45) is 3.34. The number of benzene rings is 1. The van der Waals surface area contributed by atoms with E-state index in [0.29, 0.717) is 28.8 Å². The monoisotopic (exact) mass is 426 g/mol. The third-order valence-corrected chi connectivity index (χ3v) is 5.33. The number of halogens is 1. The molecule has 2 unspecified atom stereocenters. The zero-order chi connectivity index (χ0) is 20.3. The normalized spacial score (nSPS) is 16.2. The number of unbranched alkanes of at least 4 members (excludes halogenated alkanes) is 1. The third-order valence-electron chi connectivity index (χ3n) is 4.26. The molecule has 2 heterocycles. The van der Waals surface area contributed by atoms with Crippen LogP contribution in [0.4, 0.5) is 0 Å². The van der Waals surface area contributed by atoms with Crippen LogP contribution in [-0.2, 0) is 28.9 Å². The average molecular weight is 427 g/mol. The number of rotatable bonds is 8. The molecule has 1 aromatic heterocycles. The molecule has 3 rings (SSSR count). The van der Waals surface area contributed by atoms with Crippen molar-refractivity contribution in [2.24, 2.45) is 0 Å². The lowest BCUT2D eigenvalue weighted by atomic mass is 10.2. The predicted molar refractivity (Wildman–Crippen MR) is 106 cm³/mol. The lowest BCUT2D eigenvalue weighted by Gasteiger charge is -2.15. The Morgan fingerprint density at radius 1 is 1.36 bits per heavy atom. The van der Waals surface area contributed by atoms with Crippen molar-refractivity contribution in [1.82, 2.24) is 9.55 Å². The van der Waals surface area contributed by atoms with Crippen molar-refractivity contribution in [3.63, 3.8) is 0 Å². The average Bonchev–Trinajstić information content (AvgIpc) is 3.21. The predicted octanol–water partition coefficient (Wildman–Crippen LogP) is 3.59. The Morgan fingerprint density at radius 2 is 2.11 bits per heavy atom. The van der Waals surface area contributed by atoms with Crippen LogP contribution in [0.3, 0.4) is 0 Å². The number of carbonyl (C=O) groups is 1. The molecule has 0 radical (unpaired) electrons. The van der Waals surface area contributed by atoms with Gasteiger partial charge in [0.1, 0.15) is 12.1 Å². The van der Waals surface area contributed by atoms with Gasteiger partial charge in [0.15, 0.2) is 11.5 Å². The summed E-state index contributed by atoms with van der Waals surface area (Å²) in [5.74, 6) is 1.24. The molecule has 0 bridgehead atoms. The van der Waals surface area contributed by atoms with Crippen molar-refractivity contribution < 1.29 is 23.6 Å². The molecule has 0 amide bonds. The van der Waals surface area contributed by atoms with Gasteiger partial charge in [-0.15, -0.1) is 0 Å². The van der Waals surface area contributed by atoms with E-state index in [1.807, 2.05) is 0 Å². The Kier molecular flexibility index (Phi) is 6.74. The van der Waals surface area contributed by atoms with Crippen LogP contribution in [0.5, 0.6) is 11.5 Å². The second-order valence-corrected chi connectivity index (χ2v) is 8.06. The number of ether oxygens (including phenoxy) is 3. The van der Waals surface area contributed by atoms with Crippen LogP contribution in [0.15, 0.2) is 23.2 Å². The van der Waals surface area contributed by atoms with Crippen molar-refractivity contribution in [1.29, 1.82) is 0 Å². The topological polar surface area (TPSA) is 85.6 Å². The number of carbonyl (C=O) groups excluding carboxylic acids is 1. The molecule has 0 saturated carbocycles. The Morgan fingerprint density at radius 3 is 2.79 bits per heavy atom. The zero-order valence-electron chi connectivity index (χ0n) is 16.1. The number of hydrogen-bond donors (Lipinski definition) is 0. The van der Waals surface area contributed by atoms with Crippen LogP contribution in [0, 0.1) is 0 Å². The molecule has 152 valence electrons. The molecule has 0 saturated heterocycles. The highest BCUT2D eigenvalue weighted by atomic mass is 35.5. The van der Waals surface area contributed by atoms with Crippen LogP contribution < -0.4 is 9.47 Å². The standard InChI is InChI=1S/C19H23ClN2O5S/c1-4-6-7-15-21-18(28(3)24)17(19(23)25-5-2)22(15)11-16-26-13-9-8-12(20)10-14(13)27-16/h8-10,16H,4-7,11H2,1-3H3. The van der Waals surface area contributed by atoms with Crippen molar-refractivity contribution in [3.8, 4) is 11.5 Å². The summed E-state index contributed by atoms with van der Waals surface area (Å²) in [5.41, 5.74) is 0.190. The van der Waals surface area contributed by atoms with Gasteiger partial charge in [0.05, 0.1) is 13.2 Å². The molecule has 1 aromatic carbocycles. The first-order chi connectivity index (χ1) is 13.4. The van der Waals surface area contributed by atoms with Crippen molar-refractivity contribution in [2.45, 2.75) is 51.0 Å². The number of imidazole rings is 1. The minimum Gasteiger partial charge on any atom is -0.610 e. The van der Waals surface area contributed by atoms with Gasteiger partial charge in [-0.25, -0.2) is 4.79 Å². The van der Waals surface area contributed by atoms with E-state index in [2.05, 4.69) is 11.9 Å². The fraction of sp³-hybridized carbons (Fsp3) is 0.474. The molecule has 0 spiro atoms. The van der Waals surface area contributed by atoms with E-state index in [9.17, 15) is 9.35 Å². The lowest BCUT2D eigenvalue weighted by Crippen LogP contribution is -2.28. The van der Waals surface area contributed by atoms with Crippen molar-refractivity contribution in [2.75, 3.05) is 12.9 Å². The van der Waals surface area contributed by atoms with Gasteiger partial charge in [-0.1, -0.05) is 24.9 Å². The largest absolute Gasteiger partial charge is 0.610 e. The maximum Gasteiger partial charge on any atom is 0.362 e. The van der Waals surface area contributed by atoms with Gasteiger partial charge in [-0.3, -0.25) is 0 Å². The fourth-order valence-corrected chi connectivity index (χ4v) is 3.86. The SMILES string of the molecule is CCCCc1nc([S+](C)[O-])c(C(=O)OCC)n1CC1Oc2ccc(Cl)cc2O1. The van der Waals surface area contributed by atoms with Gasteiger partial charge in [0.2, 0.25) is 5.69 Å². The molecule has 0 aliphatic carbocycles. The Labute approximate surface area is 172 Å². The molecule has 7 nitrogen and oxygen atoms in total.